The summed E-state index contributed by atoms with van der Waals surface area (Å²) in [5, 5.41) is 9.56. The molecule has 0 atom stereocenters. The SMILES string of the molecule is Oc1ccccc1-c1ccccc1.[NaH].[NaH]. The van der Waals surface area contributed by atoms with E-state index in [2.05, 4.69) is 0 Å². The summed E-state index contributed by atoms with van der Waals surface area (Å²) >= 11 is 0. The Morgan fingerprint density at radius 2 is 1.20 bits per heavy atom. The molecule has 2 aromatic carbocycles. The van der Waals surface area contributed by atoms with Gasteiger partial charge in [0.2, 0.25) is 0 Å². The van der Waals surface area contributed by atoms with Crippen LogP contribution >= 0.6 is 0 Å². The van der Waals surface area contributed by atoms with E-state index < -0.39 is 0 Å². The second-order valence-electron chi connectivity index (χ2n) is 2.88. The van der Waals surface area contributed by atoms with Gasteiger partial charge >= 0.3 is 59.1 Å². The molecule has 15 heavy (non-hydrogen) atoms. The molecule has 0 fully saturated rings. The monoisotopic (exact) mass is 218 g/mol. The topological polar surface area (TPSA) is 20.2 Å². The predicted octanol–water partition coefficient (Wildman–Crippen LogP) is 1.76. The van der Waals surface area contributed by atoms with Crippen LogP contribution in [0.3, 0.4) is 0 Å². The quantitative estimate of drug-likeness (QED) is 0.723. The molecule has 68 valence electrons. The number of benzene rings is 2. The molecule has 2 aromatic rings. The van der Waals surface area contributed by atoms with E-state index in [0.29, 0.717) is 5.75 Å². The van der Waals surface area contributed by atoms with Gasteiger partial charge < -0.3 is 5.11 Å². The van der Waals surface area contributed by atoms with E-state index in [1.165, 1.54) is 0 Å². The van der Waals surface area contributed by atoms with Gasteiger partial charge in [-0.15, -0.1) is 0 Å². The van der Waals surface area contributed by atoms with Crippen molar-refractivity contribution in [1.82, 2.24) is 0 Å². The Hall–Kier alpha value is 0.240. The second-order valence-corrected chi connectivity index (χ2v) is 2.88. The summed E-state index contributed by atoms with van der Waals surface area (Å²) in [7, 11) is 0. The predicted molar refractivity (Wildman–Crippen MR) is 67.8 cm³/mol. The summed E-state index contributed by atoms with van der Waals surface area (Å²) in [6.45, 7) is 0. The molecular formula is C12H12Na2O. The number of rotatable bonds is 1. The van der Waals surface area contributed by atoms with Gasteiger partial charge in [0.15, 0.2) is 0 Å². The molecule has 2 rings (SSSR count). The maximum atomic E-state index is 9.56. The van der Waals surface area contributed by atoms with Gasteiger partial charge in [-0.1, -0.05) is 48.5 Å². The molecule has 0 heterocycles. The Bertz CT molecular complexity index is 401. The molecule has 0 aliphatic rings. The average Bonchev–Trinajstić information content (AvgIpc) is 2.20. The first-order valence-electron chi connectivity index (χ1n) is 4.21. The van der Waals surface area contributed by atoms with Crippen molar-refractivity contribution in [3.05, 3.63) is 54.6 Å². The zero-order valence-electron chi connectivity index (χ0n) is 7.14. The van der Waals surface area contributed by atoms with E-state index in [1.807, 2.05) is 48.5 Å². The van der Waals surface area contributed by atoms with Crippen molar-refractivity contribution in [1.29, 1.82) is 0 Å². The minimum absolute atomic E-state index is 0. The molecule has 0 saturated carbocycles. The number of aromatic hydroxyl groups is 1. The first kappa shape index (κ1) is 15.2. The maximum absolute atomic E-state index is 9.56. The Morgan fingerprint density at radius 3 is 1.80 bits per heavy atom. The van der Waals surface area contributed by atoms with E-state index in [4.69, 9.17) is 0 Å². The number of hydrogen-bond acceptors (Lipinski definition) is 1. The van der Waals surface area contributed by atoms with E-state index in [9.17, 15) is 5.11 Å². The van der Waals surface area contributed by atoms with Crippen molar-refractivity contribution in [2.45, 2.75) is 0 Å². The first-order valence-corrected chi connectivity index (χ1v) is 4.21. The van der Waals surface area contributed by atoms with Gasteiger partial charge in [0, 0.05) is 5.56 Å². The van der Waals surface area contributed by atoms with E-state index >= 15 is 0 Å². The molecule has 0 radical (unpaired) electrons. The molecule has 0 amide bonds. The minimum atomic E-state index is 0. The molecule has 0 spiro atoms. The average molecular weight is 218 g/mol. The molecule has 0 saturated heterocycles. The Balaban J connectivity index is 0.000000980. The van der Waals surface area contributed by atoms with Crippen molar-refractivity contribution in [3.8, 4) is 16.9 Å². The van der Waals surface area contributed by atoms with Gasteiger partial charge in [-0.05, 0) is 11.6 Å². The van der Waals surface area contributed by atoms with Crippen LogP contribution in [0.15, 0.2) is 54.6 Å². The Labute approximate surface area is 134 Å². The van der Waals surface area contributed by atoms with Crippen molar-refractivity contribution in [2.24, 2.45) is 0 Å². The van der Waals surface area contributed by atoms with Gasteiger partial charge in [-0.2, -0.15) is 0 Å². The van der Waals surface area contributed by atoms with Gasteiger partial charge in [0.05, 0.1) is 0 Å². The van der Waals surface area contributed by atoms with Crippen LogP contribution < -0.4 is 0 Å². The van der Waals surface area contributed by atoms with Crippen LogP contribution in [0, 0.1) is 0 Å². The standard InChI is InChI=1S/C12H10O.2Na.2H/c13-12-9-5-4-8-11(12)10-6-2-1-3-7-10;;;;/h1-9,13H;;;;. The van der Waals surface area contributed by atoms with Crippen molar-refractivity contribution in [2.75, 3.05) is 0 Å². The summed E-state index contributed by atoms with van der Waals surface area (Å²) in [6, 6.07) is 17.2. The van der Waals surface area contributed by atoms with Crippen molar-refractivity contribution in [3.63, 3.8) is 0 Å². The summed E-state index contributed by atoms with van der Waals surface area (Å²) in [5.41, 5.74) is 1.92. The molecular weight excluding hydrogens is 206 g/mol. The summed E-state index contributed by atoms with van der Waals surface area (Å²) in [5.74, 6) is 0.328. The van der Waals surface area contributed by atoms with Crippen molar-refractivity contribution < 1.29 is 5.11 Å². The van der Waals surface area contributed by atoms with Gasteiger partial charge in [-0.25, -0.2) is 0 Å². The molecule has 0 aliphatic carbocycles. The second kappa shape index (κ2) is 7.50. The summed E-state index contributed by atoms with van der Waals surface area (Å²) in [6.07, 6.45) is 0. The third-order valence-corrected chi connectivity index (χ3v) is 1.99. The van der Waals surface area contributed by atoms with Crippen LogP contribution in [0.2, 0.25) is 0 Å². The third kappa shape index (κ3) is 3.95. The van der Waals surface area contributed by atoms with Crippen LogP contribution in [0.4, 0.5) is 0 Å². The van der Waals surface area contributed by atoms with E-state index in [1.54, 1.807) is 6.07 Å². The van der Waals surface area contributed by atoms with Gasteiger partial charge in [-0.3, -0.25) is 0 Å². The zero-order chi connectivity index (χ0) is 9.10. The van der Waals surface area contributed by atoms with E-state index in [0.717, 1.165) is 11.1 Å². The van der Waals surface area contributed by atoms with Gasteiger partial charge in [0.1, 0.15) is 5.75 Å². The molecule has 3 heteroatoms. The molecule has 1 N–H and O–H groups in total. The zero-order valence-corrected chi connectivity index (χ0v) is 7.14. The molecule has 0 bridgehead atoms. The van der Waals surface area contributed by atoms with Gasteiger partial charge in [0.25, 0.3) is 0 Å². The summed E-state index contributed by atoms with van der Waals surface area (Å²) < 4.78 is 0. The fourth-order valence-electron chi connectivity index (χ4n) is 1.34. The molecule has 0 unspecified atom stereocenters. The fraction of sp³-hybridized carbons (Fsp3) is 0. The normalized spacial score (nSPS) is 8.53. The number of para-hydroxylation sites is 1. The van der Waals surface area contributed by atoms with Crippen LogP contribution in [0.5, 0.6) is 5.75 Å². The van der Waals surface area contributed by atoms with Crippen LogP contribution in [0.25, 0.3) is 11.1 Å². The Kier molecular flexibility index (Phi) is 7.62. The van der Waals surface area contributed by atoms with Crippen LogP contribution in [-0.2, 0) is 0 Å². The number of phenolic OH excluding ortho intramolecular Hbond substituents is 1. The number of phenols is 1. The van der Waals surface area contributed by atoms with Crippen LogP contribution in [-0.4, -0.2) is 64.2 Å². The molecule has 1 nitrogen and oxygen atoms in total. The van der Waals surface area contributed by atoms with E-state index in [-0.39, 0.29) is 59.1 Å². The third-order valence-electron chi connectivity index (χ3n) is 1.99. The number of hydrogen-bond donors (Lipinski definition) is 1. The van der Waals surface area contributed by atoms with Crippen molar-refractivity contribution >= 4 is 59.1 Å². The fourth-order valence-corrected chi connectivity index (χ4v) is 1.34. The Morgan fingerprint density at radius 1 is 0.667 bits per heavy atom. The molecule has 0 aromatic heterocycles. The molecule has 0 aliphatic heterocycles. The first-order chi connectivity index (χ1) is 6.38. The summed E-state index contributed by atoms with van der Waals surface area (Å²) in [4.78, 5) is 0. The van der Waals surface area contributed by atoms with Crippen LogP contribution in [0.1, 0.15) is 0 Å².